The van der Waals surface area contributed by atoms with Crippen LogP contribution in [0, 0.1) is 0 Å². The lowest BCUT2D eigenvalue weighted by atomic mass is 10.1. The number of imidazole rings is 1. The lowest BCUT2D eigenvalue weighted by molar-refractivity contribution is 0.282. The van der Waals surface area contributed by atoms with Gasteiger partial charge in [-0.15, -0.1) is 0 Å². The summed E-state index contributed by atoms with van der Waals surface area (Å²) in [6.07, 6.45) is 0. The minimum atomic E-state index is -0.450. The van der Waals surface area contributed by atoms with Crippen molar-refractivity contribution in [3.8, 4) is 17.1 Å². The van der Waals surface area contributed by atoms with E-state index in [0.717, 1.165) is 5.56 Å². The molecule has 0 radical (unpaired) electrons. The first-order valence-corrected chi connectivity index (χ1v) is 4.42. The third kappa shape index (κ3) is 1.77. The van der Waals surface area contributed by atoms with E-state index >= 15 is 0 Å². The Morgan fingerprint density at radius 2 is 1.80 bits per heavy atom. The van der Waals surface area contributed by atoms with Gasteiger partial charge in [0.15, 0.2) is 0 Å². The predicted molar refractivity (Wildman–Crippen MR) is 54.4 cm³/mol. The van der Waals surface area contributed by atoms with Crippen molar-refractivity contribution in [2.24, 2.45) is 0 Å². The molecule has 0 aliphatic carbocycles. The fourth-order valence-corrected chi connectivity index (χ4v) is 1.36. The van der Waals surface area contributed by atoms with Crippen LogP contribution in [0.2, 0.25) is 0 Å². The molecule has 0 spiro atoms. The molecule has 1 aromatic carbocycles. The van der Waals surface area contributed by atoms with Crippen molar-refractivity contribution in [2.45, 2.75) is 6.61 Å². The maximum absolute atomic E-state index is 10.9. The number of rotatable bonds is 2. The molecule has 78 valence electrons. The van der Waals surface area contributed by atoms with E-state index in [2.05, 4.69) is 9.97 Å². The van der Waals surface area contributed by atoms with E-state index in [4.69, 9.17) is 5.11 Å². The van der Waals surface area contributed by atoms with E-state index < -0.39 is 5.69 Å². The zero-order chi connectivity index (χ0) is 10.8. The monoisotopic (exact) mass is 206 g/mol. The van der Waals surface area contributed by atoms with Gasteiger partial charge in [0, 0.05) is 5.56 Å². The number of benzene rings is 1. The van der Waals surface area contributed by atoms with Crippen LogP contribution in [0.5, 0.6) is 5.88 Å². The molecule has 0 unspecified atom stereocenters. The van der Waals surface area contributed by atoms with Gasteiger partial charge < -0.3 is 15.2 Å². The molecule has 2 rings (SSSR count). The quantitative estimate of drug-likeness (QED) is 0.579. The van der Waals surface area contributed by atoms with E-state index in [-0.39, 0.29) is 12.5 Å². The molecule has 0 atom stereocenters. The molecular formula is C10H10N2O3. The van der Waals surface area contributed by atoms with Crippen LogP contribution in [0.4, 0.5) is 0 Å². The fourth-order valence-electron chi connectivity index (χ4n) is 1.36. The highest BCUT2D eigenvalue weighted by Gasteiger charge is 2.07. The van der Waals surface area contributed by atoms with Gasteiger partial charge in [0.2, 0.25) is 5.88 Å². The molecule has 0 fully saturated rings. The zero-order valence-electron chi connectivity index (χ0n) is 7.82. The van der Waals surface area contributed by atoms with Crippen molar-refractivity contribution in [3.05, 3.63) is 40.3 Å². The molecule has 0 amide bonds. The third-order valence-corrected chi connectivity index (χ3v) is 2.13. The van der Waals surface area contributed by atoms with Crippen molar-refractivity contribution in [2.75, 3.05) is 0 Å². The molecular weight excluding hydrogens is 196 g/mol. The maximum Gasteiger partial charge on any atom is 0.326 e. The Morgan fingerprint density at radius 3 is 2.27 bits per heavy atom. The fraction of sp³-hybridized carbons (Fsp3) is 0.100. The second kappa shape index (κ2) is 3.62. The van der Waals surface area contributed by atoms with Gasteiger partial charge in [0.1, 0.15) is 5.69 Å². The summed E-state index contributed by atoms with van der Waals surface area (Å²) >= 11 is 0. The van der Waals surface area contributed by atoms with E-state index in [0.29, 0.717) is 11.3 Å². The van der Waals surface area contributed by atoms with Crippen LogP contribution < -0.4 is 5.69 Å². The summed E-state index contributed by atoms with van der Waals surface area (Å²) in [4.78, 5) is 15.6. The largest absolute Gasteiger partial charge is 0.493 e. The minimum Gasteiger partial charge on any atom is -0.493 e. The highest BCUT2D eigenvalue weighted by atomic mass is 16.3. The van der Waals surface area contributed by atoms with Gasteiger partial charge in [-0.25, -0.2) is 4.79 Å². The Balaban J connectivity index is 2.45. The number of hydrogen-bond acceptors (Lipinski definition) is 3. The Bertz CT molecular complexity index is 510. The van der Waals surface area contributed by atoms with Crippen molar-refractivity contribution in [1.29, 1.82) is 0 Å². The Kier molecular flexibility index (Phi) is 2.31. The molecule has 0 saturated heterocycles. The molecule has 0 saturated carbocycles. The summed E-state index contributed by atoms with van der Waals surface area (Å²) in [5.41, 5.74) is 1.36. The summed E-state index contributed by atoms with van der Waals surface area (Å²) in [6, 6.07) is 6.87. The molecule has 0 aliphatic rings. The van der Waals surface area contributed by atoms with Crippen LogP contribution in [0.1, 0.15) is 5.56 Å². The number of aliphatic hydroxyl groups is 1. The Morgan fingerprint density at radius 1 is 1.13 bits per heavy atom. The highest BCUT2D eigenvalue weighted by molar-refractivity contribution is 5.64. The summed E-state index contributed by atoms with van der Waals surface area (Å²) in [5.74, 6) is -0.184. The smallest absolute Gasteiger partial charge is 0.326 e. The molecule has 0 aliphatic heterocycles. The maximum atomic E-state index is 10.9. The average molecular weight is 206 g/mol. The summed E-state index contributed by atoms with van der Waals surface area (Å²) in [6.45, 7) is -0.0318. The van der Waals surface area contributed by atoms with E-state index in [1.165, 1.54) is 0 Å². The van der Waals surface area contributed by atoms with E-state index in [1.54, 1.807) is 24.3 Å². The first-order valence-electron chi connectivity index (χ1n) is 4.42. The minimum absolute atomic E-state index is 0.0318. The van der Waals surface area contributed by atoms with Crippen molar-refractivity contribution >= 4 is 0 Å². The normalized spacial score (nSPS) is 10.5. The molecule has 1 heterocycles. The molecule has 5 heteroatoms. The second-order valence-electron chi connectivity index (χ2n) is 3.16. The number of aromatic hydroxyl groups is 1. The standard InChI is InChI=1S/C10H10N2O3/c13-5-6-1-3-7(4-2-6)8-9(14)12-10(15)11-8/h1-4,13-14H,5H2,(H2,11,12,15). The van der Waals surface area contributed by atoms with Crippen LogP contribution in [0.15, 0.2) is 29.1 Å². The molecule has 5 nitrogen and oxygen atoms in total. The van der Waals surface area contributed by atoms with Gasteiger partial charge in [0.25, 0.3) is 0 Å². The zero-order valence-corrected chi connectivity index (χ0v) is 7.82. The number of aromatic amines is 2. The van der Waals surface area contributed by atoms with Crippen LogP contribution >= 0.6 is 0 Å². The van der Waals surface area contributed by atoms with Gasteiger partial charge in [0.05, 0.1) is 6.61 Å². The van der Waals surface area contributed by atoms with Crippen molar-refractivity contribution in [1.82, 2.24) is 9.97 Å². The number of hydrogen-bond donors (Lipinski definition) is 4. The van der Waals surface area contributed by atoms with Crippen LogP contribution in [-0.2, 0) is 6.61 Å². The Hall–Kier alpha value is -2.01. The topological polar surface area (TPSA) is 89.1 Å². The molecule has 1 aromatic heterocycles. The van der Waals surface area contributed by atoms with Gasteiger partial charge in [-0.3, -0.25) is 4.98 Å². The summed E-state index contributed by atoms with van der Waals surface area (Å²) in [7, 11) is 0. The Labute approximate surface area is 85.0 Å². The van der Waals surface area contributed by atoms with Crippen LogP contribution in [0.3, 0.4) is 0 Å². The number of aliphatic hydroxyl groups excluding tert-OH is 1. The van der Waals surface area contributed by atoms with Crippen molar-refractivity contribution < 1.29 is 10.2 Å². The van der Waals surface area contributed by atoms with E-state index in [9.17, 15) is 9.90 Å². The van der Waals surface area contributed by atoms with Crippen molar-refractivity contribution in [3.63, 3.8) is 0 Å². The van der Waals surface area contributed by atoms with Crippen LogP contribution in [0.25, 0.3) is 11.3 Å². The molecule has 2 aromatic rings. The first-order chi connectivity index (χ1) is 7.20. The predicted octanol–water partition coefficient (Wildman–Crippen LogP) is 0.568. The van der Waals surface area contributed by atoms with Gasteiger partial charge in [-0.05, 0) is 5.56 Å². The third-order valence-electron chi connectivity index (χ3n) is 2.13. The lowest BCUT2D eigenvalue weighted by Gasteiger charge is -1.99. The highest BCUT2D eigenvalue weighted by Crippen LogP contribution is 2.23. The van der Waals surface area contributed by atoms with Crippen LogP contribution in [-0.4, -0.2) is 20.2 Å². The average Bonchev–Trinajstić information content (AvgIpc) is 2.58. The van der Waals surface area contributed by atoms with Gasteiger partial charge in [-0.2, -0.15) is 0 Å². The molecule has 0 bridgehead atoms. The second-order valence-corrected chi connectivity index (χ2v) is 3.16. The number of nitrogens with one attached hydrogen (secondary N) is 2. The number of aromatic nitrogens is 2. The summed E-state index contributed by atoms with van der Waals surface area (Å²) < 4.78 is 0. The lowest BCUT2D eigenvalue weighted by Crippen LogP contribution is -2.00. The van der Waals surface area contributed by atoms with E-state index in [1.807, 2.05) is 0 Å². The summed E-state index contributed by atoms with van der Waals surface area (Å²) in [5, 5.41) is 18.2. The van der Waals surface area contributed by atoms with Gasteiger partial charge in [-0.1, -0.05) is 24.3 Å². The number of H-pyrrole nitrogens is 2. The SMILES string of the molecule is O=c1[nH]c(O)c(-c2ccc(CO)cc2)[nH]1. The first kappa shape index (κ1) is 9.54. The molecule has 4 N–H and O–H groups in total. The van der Waals surface area contributed by atoms with Gasteiger partial charge >= 0.3 is 5.69 Å². The molecule has 15 heavy (non-hydrogen) atoms.